The van der Waals surface area contributed by atoms with Crippen LogP contribution < -0.4 is 21.5 Å². The molecule has 5 rings (SSSR count). The molecule has 2 aromatic heterocycles. The third-order valence-corrected chi connectivity index (χ3v) is 6.65. The molecule has 2 N–H and O–H groups in total. The van der Waals surface area contributed by atoms with Crippen molar-refractivity contribution >= 4 is 50.9 Å². The number of likely N-dealkylation sites (N-methyl/N-ethyl adjacent to an activating group) is 1. The summed E-state index contributed by atoms with van der Waals surface area (Å²) in [6.45, 7) is 4.11. The summed E-state index contributed by atoms with van der Waals surface area (Å²) >= 11 is 2.10. The summed E-state index contributed by atoms with van der Waals surface area (Å²) in [6, 6.07) is 15.3. The lowest BCUT2D eigenvalue weighted by molar-refractivity contribution is 0.313. The van der Waals surface area contributed by atoms with Gasteiger partial charge in [-0.3, -0.25) is 9.78 Å². The topological polar surface area (TPSA) is 99.1 Å². The zero-order valence-electron chi connectivity index (χ0n) is 18.0. The van der Waals surface area contributed by atoms with Gasteiger partial charge in [-0.25, -0.2) is 14.3 Å². The molecule has 3 heterocycles. The van der Waals surface area contributed by atoms with Gasteiger partial charge in [-0.05, 0) is 66.0 Å². The number of nitrogens with zero attached hydrogens (tertiary/aromatic N) is 5. The van der Waals surface area contributed by atoms with Crippen LogP contribution in [0.4, 0.5) is 17.3 Å². The molecule has 2 aromatic carbocycles. The zero-order valence-corrected chi connectivity index (χ0v) is 20.1. The van der Waals surface area contributed by atoms with Gasteiger partial charge in [0.2, 0.25) is 5.95 Å². The van der Waals surface area contributed by atoms with Crippen LogP contribution in [0.3, 0.4) is 0 Å². The number of rotatable bonds is 4. The summed E-state index contributed by atoms with van der Waals surface area (Å²) in [6.07, 6.45) is 1.44. The maximum atomic E-state index is 13.0. The van der Waals surface area contributed by atoms with Crippen LogP contribution in [0.2, 0.25) is 0 Å². The fourth-order valence-corrected chi connectivity index (χ4v) is 4.49. The van der Waals surface area contributed by atoms with Crippen molar-refractivity contribution in [2.75, 3.05) is 43.4 Å². The molecule has 1 aliphatic rings. The van der Waals surface area contributed by atoms with E-state index in [1.807, 2.05) is 24.3 Å². The predicted molar refractivity (Wildman–Crippen MR) is 138 cm³/mol. The van der Waals surface area contributed by atoms with Gasteiger partial charge >= 0.3 is 5.69 Å². The van der Waals surface area contributed by atoms with E-state index in [1.165, 1.54) is 11.9 Å². The minimum absolute atomic E-state index is 0.193. The highest BCUT2D eigenvalue weighted by atomic mass is 127. The summed E-state index contributed by atoms with van der Waals surface area (Å²) < 4.78 is 1.90. The Bertz CT molecular complexity index is 1420. The smallest absolute Gasteiger partial charge is 0.334 e. The van der Waals surface area contributed by atoms with Crippen LogP contribution in [0.5, 0.6) is 0 Å². The van der Waals surface area contributed by atoms with Crippen LogP contribution in [0.25, 0.3) is 16.7 Å². The number of anilines is 3. The molecule has 0 radical (unpaired) electrons. The van der Waals surface area contributed by atoms with E-state index in [4.69, 9.17) is 0 Å². The lowest BCUT2D eigenvalue weighted by Gasteiger charge is -2.34. The molecule has 10 heteroatoms. The minimum Gasteiger partial charge on any atom is -0.369 e. The second-order valence-corrected chi connectivity index (χ2v) is 9.10. The molecule has 4 aromatic rings. The van der Waals surface area contributed by atoms with Gasteiger partial charge in [-0.2, -0.15) is 4.98 Å². The van der Waals surface area contributed by atoms with Gasteiger partial charge in [0.25, 0.3) is 5.56 Å². The fourth-order valence-electron chi connectivity index (χ4n) is 3.86. The first-order chi connectivity index (χ1) is 16.0. The van der Waals surface area contributed by atoms with Gasteiger partial charge < -0.3 is 15.1 Å². The standard InChI is InChI=1S/C23H22IN7O2/c1-29-10-12-30(13-11-29)16-8-6-15(7-9-16)26-22-25-14-17-20(27-22)28-23(33)31(21(17)32)19-5-3-2-4-18(19)24/h2-9,14H,10-13H2,1H3,(H2,25,26,27,28,33). The Labute approximate surface area is 203 Å². The maximum Gasteiger partial charge on any atom is 0.334 e. The SMILES string of the molecule is CN1CCN(c2ccc(Nc3ncc4c(=O)n(-c5ccccc5I)c(=O)[nH]c4n3)cc2)CC1. The molecule has 33 heavy (non-hydrogen) atoms. The number of nitrogens with one attached hydrogen (secondary N) is 2. The summed E-state index contributed by atoms with van der Waals surface area (Å²) in [7, 11) is 2.14. The first-order valence-electron chi connectivity index (χ1n) is 10.6. The Balaban J connectivity index is 1.41. The first-order valence-corrected chi connectivity index (χ1v) is 11.6. The number of hydrogen-bond acceptors (Lipinski definition) is 7. The summed E-state index contributed by atoms with van der Waals surface area (Å²) in [5.41, 5.74) is 1.71. The third kappa shape index (κ3) is 4.35. The maximum absolute atomic E-state index is 13.0. The van der Waals surface area contributed by atoms with Gasteiger partial charge in [0.05, 0.1) is 5.69 Å². The molecule has 1 aliphatic heterocycles. The summed E-state index contributed by atoms with van der Waals surface area (Å²) in [5.74, 6) is 0.303. The molecule has 0 amide bonds. The number of hydrogen-bond donors (Lipinski definition) is 2. The average Bonchev–Trinajstić information content (AvgIpc) is 2.81. The number of halogens is 1. The van der Waals surface area contributed by atoms with Crippen molar-refractivity contribution < 1.29 is 0 Å². The first kappa shape index (κ1) is 21.6. The normalized spacial score (nSPS) is 14.5. The van der Waals surface area contributed by atoms with Crippen molar-refractivity contribution in [3.05, 3.63) is 79.1 Å². The molecular formula is C23H22IN7O2. The molecular weight excluding hydrogens is 533 g/mol. The molecule has 0 aliphatic carbocycles. The second kappa shape index (κ2) is 8.94. The average molecular weight is 555 g/mol. The highest BCUT2D eigenvalue weighted by molar-refractivity contribution is 14.1. The third-order valence-electron chi connectivity index (χ3n) is 5.74. The van der Waals surface area contributed by atoms with Crippen LogP contribution in [0.1, 0.15) is 0 Å². The number of aromatic amines is 1. The quantitative estimate of drug-likeness (QED) is 0.374. The summed E-state index contributed by atoms with van der Waals surface area (Å²) in [4.78, 5) is 41.8. The van der Waals surface area contributed by atoms with E-state index < -0.39 is 11.2 Å². The molecule has 0 saturated carbocycles. The van der Waals surface area contributed by atoms with E-state index in [1.54, 1.807) is 12.1 Å². The lowest BCUT2D eigenvalue weighted by atomic mass is 10.2. The molecule has 0 unspecified atom stereocenters. The van der Waals surface area contributed by atoms with E-state index in [-0.39, 0.29) is 11.0 Å². The molecule has 9 nitrogen and oxygen atoms in total. The van der Waals surface area contributed by atoms with Crippen LogP contribution >= 0.6 is 22.6 Å². The van der Waals surface area contributed by atoms with E-state index in [2.05, 4.69) is 71.8 Å². The number of H-pyrrole nitrogens is 1. The van der Waals surface area contributed by atoms with Crippen molar-refractivity contribution in [2.24, 2.45) is 0 Å². The Kier molecular flexibility index (Phi) is 5.85. The van der Waals surface area contributed by atoms with Crippen molar-refractivity contribution in [2.45, 2.75) is 0 Å². The predicted octanol–water partition coefficient (Wildman–Crippen LogP) is 2.57. The van der Waals surface area contributed by atoms with Crippen LogP contribution in [0, 0.1) is 3.57 Å². The number of piperazine rings is 1. The number of aromatic nitrogens is 4. The largest absolute Gasteiger partial charge is 0.369 e. The van der Waals surface area contributed by atoms with Crippen molar-refractivity contribution in [1.82, 2.24) is 24.4 Å². The number of fused-ring (bicyclic) bond motifs is 1. The fraction of sp³-hybridized carbons (Fsp3) is 0.217. The van der Waals surface area contributed by atoms with Gasteiger partial charge in [0.15, 0.2) is 5.65 Å². The van der Waals surface area contributed by atoms with Crippen LogP contribution in [-0.4, -0.2) is 57.6 Å². The Morgan fingerprint density at radius 1 is 1.00 bits per heavy atom. The van der Waals surface area contributed by atoms with Crippen LogP contribution in [-0.2, 0) is 0 Å². The molecule has 0 bridgehead atoms. The molecule has 0 spiro atoms. The van der Waals surface area contributed by atoms with Crippen molar-refractivity contribution in [3.63, 3.8) is 0 Å². The zero-order chi connectivity index (χ0) is 22.9. The highest BCUT2D eigenvalue weighted by Crippen LogP contribution is 2.21. The van der Waals surface area contributed by atoms with Gasteiger partial charge in [-0.1, -0.05) is 12.1 Å². The Morgan fingerprint density at radius 2 is 1.73 bits per heavy atom. The van der Waals surface area contributed by atoms with E-state index in [9.17, 15) is 9.59 Å². The Morgan fingerprint density at radius 3 is 2.45 bits per heavy atom. The highest BCUT2D eigenvalue weighted by Gasteiger charge is 2.15. The molecule has 168 valence electrons. The monoisotopic (exact) mass is 555 g/mol. The van der Waals surface area contributed by atoms with Gasteiger partial charge in [0, 0.05) is 47.3 Å². The van der Waals surface area contributed by atoms with Gasteiger partial charge in [0.1, 0.15) is 5.39 Å². The molecule has 0 atom stereocenters. The number of para-hydroxylation sites is 1. The van der Waals surface area contributed by atoms with Crippen LogP contribution in [0.15, 0.2) is 64.3 Å². The van der Waals surface area contributed by atoms with Crippen molar-refractivity contribution in [1.29, 1.82) is 0 Å². The van der Waals surface area contributed by atoms with Crippen molar-refractivity contribution in [3.8, 4) is 5.69 Å². The second-order valence-electron chi connectivity index (χ2n) is 7.94. The Hall–Kier alpha value is -3.25. The minimum atomic E-state index is -0.544. The lowest BCUT2D eigenvalue weighted by Crippen LogP contribution is -2.44. The van der Waals surface area contributed by atoms with E-state index in [0.29, 0.717) is 11.6 Å². The van der Waals surface area contributed by atoms with Gasteiger partial charge in [-0.15, -0.1) is 0 Å². The number of benzene rings is 2. The molecule has 1 fully saturated rings. The van der Waals surface area contributed by atoms with E-state index >= 15 is 0 Å². The molecule has 1 saturated heterocycles. The summed E-state index contributed by atoms with van der Waals surface area (Å²) in [5, 5.41) is 3.39. The van der Waals surface area contributed by atoms with E-state index in [0.717, 1.165) is 40.0 Å².